The molecule has 7 nitrogen and oxygen atoms in total. The highest BCUT2D eigenvalue weighted by Crippen LogP contribution is 2.24. The van der Waals surface area contributed by atoms with E-state index in [1.807, 2.05) is 24.3 Å². The van der Waals surface area contributed by atoms with Crippen molar-refractivity contribution in [3.8, 4) is 17.1 Å². The van der Waals surface area contributed by atoms with E-state index < -0.39 is 4.92 Å². The van der Waals surface area contributed by atoms with Gasteiger partial charge in [-0.1, -0.05) is 33.2 Å². The molecule has 0 amide bonds. The largest absolute Gasteiger partial charge is 0.484 e. The molecule has 0 unspecified atom stereocenters. The second-order valence-corrected chi connectivity index (χ2v) is 5.93. The summed E-state index contributed by atoms with van der Waals surface area (Å²) in [6.45, 7) is 1.74. The second-order valence-electron chi connectivity index (χ2n) is 5.02. The van der Waals surface area contributed by atoms with Crippen LogP contribution >= 0.6 is 15.9 Å². The number of hydrogen-bond donors (Lipinski definition) is 0. The van der Waals surface area contributed by atoms with Gasteiger partial charge in [-0.25, -0.2) is 0 Å². The molecule has 0 saturated carbocycles. The van der Waals surface area contributed by atoms with Crippen LogP contribution in [0.4, 0.5) is 5.69 Å². The van der Waals surface area contributed by atoms with E-state index in [2.05, 4.69) is 26.1 Å². The predicted molar refractivity (Wildman–Crippen MR) is 89.6 cm³/mol. The molecule has 0 aliphatic carbocycles. The fourth-order valence-corrected chi connectivity index (χ4v) is 2.53. The third-order valence-corrected chi connectivity index (χ3v) is 3.77. The fraction of sp³-hybridized carbons (Fsp3) is 0.125. The quantitative estimate of drug-likeness (QED) is 0.477. The Kier molecular flexibility index (Phi) is 4.57. The molecule has 2 aromatic carbocycles. The SMILES string of the molecule is Cc1cc(OCc2nc(-c3cccc(Br)c3)no2)ccc1[N+](=O)[O-]. The topological polar surface area (TPSA) is 91.3 Å². The molecule has 0 N–H and O–H groups in total. The Morgan fingerprint density at radius 3 is 2.83 bits per heavy atom. The van der Waals surface area contributed by atoms with Crippen molar-refractivity contribution in [2.45, 2.75) is 13.5 Å². The van der Waals surface area contributed by atoms with Crippen molar-refractivity contribution in [3.05, 3.63) is 68.5 Å². The molecule has 0 bridgehead atoms. The summed E-state index contributed by atoms with van der Waals surface area (Å²) in [6.07, 6.45) is 0. The molecule has 1 heterocycles. The van der Waals surface area contributed by atoms with Crippen LogP contribution in [0.25, 0.3) is 11.4 Å². The van der Waals surface area contributed by atoms with Crippen molar-refractivity contribution < 1.29 is 14.2 Å². The molecule has 122 valence electrons. The van der Waals surface area contributed by atoms with Gasteiger partial charge in [-0.2, -0.15) is 4.98 Å². The highest BCUT2D eigenvalue weighted by molar-refractivity contribution is 9.10. The lowest BCUT2D eigenvalue weighted by Gasteiger charge is -2.04. The van der Waals surface area contributed by atoms with Crippen molar-refractivity contribution in [1.29, 1.82) is 0 Å². The molecule has 3 aromatic rings. The van der Waals surface area contributed by atoms with Gasteiger partial charge in [-0.3, -0.25) is 10.1 Å². The van der Waals surface area contributed by atoms with Gasteiger partial charge < -0.3 is 9.26 Å². The van der Waals surface area contributed by atoms with E-state index in [0.717, 1.165) is 10.0 Å². The van der Waals surface area contributed by atoms with Crippen LogP contribution in [0.15, 0.2) is 51.5 Å². The van der Waals surface area contributed by atoms with E-state index in [9.17, 15) is 10.1 Å². The molecule has 0 atom stereocenters. The Hall–Kier alpha value is -2.74. The van der Waals surface area contributed by atoms with Gasteiger partial charge in [-0.15, -0.1) is 0 Å². The number of rotatable bonds is 5. The molecular formula is C16H12BrN3O4. The number of ether oxygens (including phenoxy) is 1. The lowest BCUT2D eigenvalue weighted by Crippen LogP contribution is -1.97. The van der Waals surface area contributed by atoms with Gasteiger partial charge in [0.1, 0.15) is 5.75 Å². The van der Waals surface area contributed by atoms with E-state index in [1.54, 1.807) is 13.0 Å². The molecule has 0 aliphatic heterocycles. The number of benzene rings is 2. The monoisotopic (exact) mass is 389 g/mol. The normalized spacial score (nSPS) is 10.6. The van der Waals surface area contributed by atoms with Gasteiger partial charge in [-0.05, 0) is 31.2 Å². The van der Waals surface area contributed by atoms with E-state index in [4.69, 9.17) is 9.26 Å². The summed E-state index contributed by atoms with van der Waals surface area (Å²) in [5, 5.41) is 14.7. The molecular weight excluding hydrogens is 378 g/mol. The summed E-state index contributed by atoms with van der Waals surface area (Å²) < 4.78 is 11.6. The van der Waals surface area contributed by atoms with Crippen molar-refractivity contribution in [2.75, 3.05) is 0 Å². The van der Waals surface area contributed by atoms with E-state index in [-0.39, 0.29) is 12.3 Å². The van der Waals surface area contributed by atoms with Gasteiger partial charge in [0.2, 0.25) is 5.82 Å². The Bertz CT molecular complexity index is 895. The Labute approximate surface area is 145 Å². The summed E-state index contributed by atoms with van der Waals surface area (Å²) >= 11 is 3.39. The van der Waals surface area contributed by atoms with Crippen LogP contribution in [0.1, 0.15) is 11.5 Å². The second kappa shape index (κ2) is 6.79. The fourth-order valence-electron chi connectivity index (χ4n) is 2.13. The maximum atomic E-state index is 10.8. The van der Waals surface area contributed by atoms with Gasteiger partial charge in [0.25, 0.3) is 11.6 Å². The van der Waals surface area contributed by atoms with Crippen LogP contribution in [-0.4, -0.2) is 15.1 Å². The van der Waals surface area contributed by atoms with E-state index >= 15 is 0 Å². The number of nitro groups is 1. The summed E-state index contributed by atoms with van der Waals surface area (Å²) in [7, 11) is 0. The highest BCUT2D eigenvalue weighted by Gasteiger charge is 2.12. The first-order valence-electron chi connectivity index (χ1n) is 6.99. The third-order valence-electron chi connectivity index (χ3n) is 3.28. The first-order chi connectivity index (χ1) is 11.5. The average molecular weight is 390 g/mol. The molecule has 0 radical (unpaired) electrons. The number of nitro benzene ring substituents is 1. The van der Waals surface area contributed by atoms with E-state index in [1.165, 1.54) is 12.1 Å². The highest BCUT2D eigenvalue weighted by atomic mass is 79.9. The third kappa shape index (κ3) is 3.60. The van der Waals surface area contributed by atoms with Crippen molar-refractivity contribution in [1.82, 2.24) is 10.1 Å². The smallest absolute Gasteiger partial charge is 0.272 e. The standard InChI is InChI=1S/C16H12BrN3O4/c1-10-7-13(5-6-14(10)20(21)22)23-9-15-18-16(19-24-15)11-3-2-4-12(17)8-11/h2-8H,9H2,1H3. The Morgan fingerprint density at radius 1 is 1.29 bits per heavy atom. The lowest BCUT2D eigenvalue weighted by atomic mass is 10.2. The molecule has 8 heteroatoms. The first kappa shape index (κ1) is 16.1. The number of aromatic nitrogens is 2. The van der Waals surface area contributed by atoms with Crippen LogP contribution < -0.4 is 4.74 Å². The predicted octanol–water partition coefficient (Wildman–Crippen LogP) is 4.29. The van der Waals surface area contributed by atoms with Gasteiger partial charge >= 0.3 is 0 Å². The molecule has 0 aliphatic rings. The minimum Gasteiger partial charge on any atom is -0.484 e. The summed E-state index contributed by atoms with van der Waals surface area (Å²) in [6, 6.07) is 12.1. The summed E-state index contributed by atoms with van der Waals surface area (Å²) in [4.78, 5) is 14.6. The minimum absolute atomic E-state index is 0.0529. The zero-order valence-electron chi connectivity index (χ0n) is 12.6. The molecule has 3 rings (SSSR count). The van der Waals surface area contributed by atoms with Gasteiger partial charge in [0.05, 0.1) is 4.92 Å². The van der Waals surface area contributed by atoms with Crippen molar-refractivity contribution >= 4 is 21.6 Å². The van der Waals surface area contributed by atoms with Crippen LogP contribution in [0.5, 0.6) is 5.75 Å². The van der Waals surface area contributed by atoms with E-state index in [0.29, 0.717) is 23.0 Å². The maximum absolute atomic E-state index is 10.8. The first-order valence-corrected chi connectivity index (χ1v) is 7.78. The van der Waals surface area contributed by atoms with Crippen LogP contribution in [-0.2, 0) is 6.61 Å². The molecule has 0 spiro atoms. The molecule has 0 fully saturated rings. The zero-order valence-corrected chi connectivity index (χ0v) is 14.2. The molecule has 0 saturated heterocycles. The molecule has 24 heavy (non-hydrogen) atoms. The number of hydrogen-bond acceptors (Lipinski definition) is 6. The molecule has 1 aromatic heterocycles. The number of halogens is 1. The van der Waals surface area contributed by atoms with Crippen LogP contribution in [0.2, 0.25) is 0 Å². The summed E-state index contributed by atoms with van der Waals surface area (Å²) in [5.74, 6) is 1.29. The maximum Gasteiger partial charge on any atom is 0.272 e. The number of nitrogens with zero attached hydrogens (tertiary/aromatic N) is 3. The number of aryl methyl sites for hydroxylation is 1. The minimum atomic E-state index is -0.429. The average Bonchev–Trinajstić information content (AvgIpc) is 3.01. The van der Waals surface area contributed by atoms with Crippen LogP contribution in [0.3, 0.4) is 0 Å². The van der Waals surface area contributed by atoms with Crippen molar-refractivity contribution in [3.63, 3.8) is 0 Å². The van der Waals surface area contributed by atoms with Gasteiger partial charge in [0, 0.05) is 21.7 Å². The van der Waals surface area contributed by atoms with Crippen molar-refractivity contribution in [2.24, 2.45) is 0 Å². The van der Waals surface area contributed by atoms with Gasteiger partial charge in [0.15, 0.2) is 6.61 Å². The Balaban J connectivity index is 1.70. The summed E-state index contributed by atoms with van der Waals surface area (Å²) in [5.41, 5.74) is 1.40. The van der Waals surface area contributed by atoms with Crippen LogP contribution in [0, 0.1) is 17.0 Å². The zero-order chi connectivity index (χ0) is 17.1. The lowest BCUT2D eigenvalue weighted by molar-refractivity contribution is -0.385. The Morgan fingerprint density at radius 2 is 2.12 bits per heavy atom.